The number of imidazole rings is 1. The lowest BCUT2D eigenvalue weighted by Gasteiger charge is -2.04. The zero-order valence-corrected chi connectivity index (χ0v) is 13.5. The summed E-state index contributed by atoms with van der Waals surface area (Å²) in [7, 11) is 0. The van der Waals surface area contributed by atoms with Crippen molar-refractivity contribution in [3.05, 3.63) is 59.9 Å². The Morgan fingerprint density at radius 1 is 1.28 bits per heavy atom. The third-order valence-electron chi connectivity index (χ3n) is 3.41. The maximum atomic E-state index is 11.6. The number of aromatic amines is 1. The number of hydrogen-bond donors (Lipinski definition) is 2. The van der Waals surface area contributed by atoms with E-state index in [9.17, 15) is 10.1 Å². The van der Waals surface area contributed by atoms with Crippen LogP contribution in [0, 0.1) is 11.3 Å². The number of anilines is 1. The summed E-state index contributed by atoms with van der Waals surface area (Å²) in [5.74, 6) is 0.0110. The Balaban J connectivity index is 1.77. The predicted octanol–water partition coefficient (Wildman–Crippen LogP) is 3.08. The number of para-hydroxylation sites is 2. The summed E-state index contributed by atoms with van der Waals surface area (Å²) in [4.78, 5) is 19.0. The van der Waals surface area contributed by atoms with Crippen LogP contribution < -0.4 is 5.43 Å². The zero-order chi connectivity index (χ0) is 17.6. The van der Waals surface area contributed by atoms with Gasteiger partial charge in [-0.25, -0.2) is 9.78 Å². The first-order valence-electron chi connectivity index (χ1n) is 7.67. The maximum Gasteiger partial charge on any atom is 0.338 e. The quantitative estimate of drug-likeness (QED) is 0.424. The molecule has 0 fully saturated rings. The number of aromatic nitrogens is 2. The van der Waals surface area contributed by atoms with Crippen LogP contribution in [-0.2, 0) is 4.74 Å². The Morgan fingerprint density at radius 2 is 2.04 bits per heavy atom. The number of hydrazone groups is 1. The van der Waals surface area contributed by atoms with E-state index in [-0.39, 0.29) is 11.7 Å². The smallest absolute Gasteiger partial charge is 0.338 e. The standard InChI is InChI=1S/C18H15N5O2/c1-2-25-18(24)12-7-9-13(10-8-12)22-23-16(11-19)17-20-14-5-3-4-6-15(14)21-17/h3-10,22H,2H2,1H3,(H,20,21). The average Bonchev–Trinajstić information content (AvgIpc) is 3.07. The van der Waals surface area contributed by atoms with Gasteiger partial charge in [-0.05, 0) is 43.3 Å². The molecule has 0 aliphatic carbocycles. The van der Waals surface area contributed by atoms with Crippen LogP contribution in [0.1, 0.15) is 23.1 Å². The number of H-pyrrole nitrogens is 1. The molecule has 0 amide bonds. The van der Waals surface area contributed by atoms with Crippen molar-refractivity contribution < 1.29 is 9.53 Å². The Labute approximate surface area is 144 Å². The Kier molecular flexibility index (Phi) is 4.72. The molecule has 2 aromatic carbocycles. The minimum Gasteiger partial charge on any atom is -0.462 e. The molecule has 0 saturated carbocycles. The number of hydrogen-bond acceptors (Lipinski definition) is 6. The number of carbonyl (C=O) groups excluding carboxylic acids is 1. The van der Waals surface area contributed by atoms with Gasteiger partial charge in [-0.2, -0.15) is 10.4 Å². The van der Waals surface area contributed by atoms with Gasteiger partial charge in [0.25, 0.3) is 0 Å². The topological polar surface area (TPSA) is 103 Å². The van der Waals surface area contributed by atoms with Crippen molar-refractivity contribution >= 4 is 28.4 Å². The summed E-state index contributed by atoms with van der Waals surface area (Å²) >= 11 is 0. The third kappa shape index (κ3) is 3.64. The van der Waals surface area contributed by atoms with Crippen LogP contribution in [0.25, 0.3) is 11.0 Å². The highest BCUT2D eigenvalue weighted by Gasteiger charge is 2.09. The number of ether oxygens (including phenoxy) is 1. The minimum absolute atomic E-state index is 0.130. The van der Waals surface area contributed by atoms with Gasteiger partial charge in [0, 0.05) is 0 Å². The summed E-state index contributed by atoms with van der Waals surface area (Å²) in [6.45, 7) is 2.08. The maximum absolute atomic E-state index is 11.6. The number of nitrogens with zero attached hydrogens (tertiary/aromatic N) is 3. The molecule has 3 rings (SSSR count). The van der Waals surface area contributed by atoms with Crippen LogP contribution in [0.2, 0.25) is 0 Å². The van der Waals surface area contributed by atoms with Crippen LogP contribution in [0.15, 0.2) is 53.6 Å². The fourth-order valence-electron chi connectivity index (χ4n) is 2.21. The van der Waals surface area contributed by atoms with Gasteiger partial charge in [-0.15, -0.1) is 0 Å². The molecule has 0 aliphatic rings. The first-order chi connectivity index (χ1) is 12.2. The predicted molar refractivity (Wildman–Crippen MR) is 94.3 cm³/mol. The van der Waals surface area contributed by atoms with E-state index in [0.29, 0.717) is 23.7 Å². The Morgan fingerprint density at radius 3 is 2.72 bits per heavy atom. The third-order valence-corrected chi connectivity index (χ3v) is 3.41. The Bertz CT molecular complexity index is 934. The fourth-order valence-corrected chi connectivity index (χ4v) is 2.21. The number of benzene rings is 2. The van der Waals surface area contributed by atoms with Crippen molar-refractivity contribution in [1.82, 2.24) is 9.97 Å². The lowest BCUT2D eigenvalue weighted by atomic mass is 10.2. The summed E-state index contributed by atoms with van der Waals surface area (Å²) in [6, 6.07) is 16.1. The molecule has 1 aromatic heterocycles. The highest BCUT2D eigenvalue weighted by atomic mass is 16.5. The lowest BCUT2D eigenvalue weighted by Crippen LogP contribution is -2.05. The molecule has 3 aromatic rings. The van der Waals surface area contributed by atoms with Crippen molar-refractivity contribution in [2.24, 2.45) is 5.10 Å². The second-order valence-electron chi connectivity index (χ2n) is 5.08. The van der Waals surface area contributed by atoms with E-state index in [1.165, 1.54) is 0 Å². The number of carbonyl (C=O) groups is 1. The van der Waals surface area contributed by atoms with Crippen LogP contribution in [-0.4, -0.2) is 28.3 Å². The number of fused-ring (bicyclic) bond motifs is 1. The molecule has 7 heteroatoms. The minimum atomic E-state index is -0.377. The molecule has 1 heterocycles. The lowest BCUT2D eigenvalue weighted by molar-refractivity contribution is 0.0526. The SMILES string of the molecule is CCOC(=O)c1ccc(NN=C(C#N)c2nc3ccccc3[nH]2)cc1. The molecule has 0 bridgehead atoms. The van der Waals surface area contributed by atoms with Crippen LogP contribution >= 0.6 is 0 Å². The van der Waals surface area contributed by atoms with Gasteiger partial charge >= 0.3 is 5.97 Å². The van der Waals surface area contributed by atoms with E-state index in [4.69, 9.17) is 4.74 Å². The first kappa shape index (κ1) is 16.2. The van der Waals surface area contributed by atoms with Crippen molar-refractivity contribution in [2.75, 3.05) is 12.0 Å². The van der Waals surface area contributed by atoms with Crippen molar-refractivity contribution in [2.45, 2.75) is 6.92 Å². The normalized spacial score (nSPS) is 11.1. The van der Waals surface area contributed by atoms with Gasteiger partial charge in [0.1, 0.15) is 6.07 Å². The van der Waals surface area contributed by atoms with E-state index < -0.39 is 0 Å². The highest BCUT2D eigenvalue weighted by Crippen LogP contribution is 2.13. The summed E-state index contributed by atoms with van der Waals surface area (Å²) in [5, 5.41) is 13.4. The van der Waals surface area contributed by atoms with Gasteiger partial charge in [0.2, 0.25) is 5.71 Å². The van der Waals surface area contributed by atoms with Crippen molar-refractivity contribution in [3.8, 4) is 6.07 Å². The molecular weight excluding hydrogens is 318 g/mol. The fraction of sp³-hybridized carbons (Fsp3) is 0.111. The van der Waals surface area contributed by atoms with E-state index in [2.05, 4.69) is 20.5 Å². The first-order valence-corrected chi connectivity index (χ1v) is 7.67. The van der Waals surface area contributed by atoms with Gasteiger partial charge < -0.3 is 9.72 Å². The monoisotopic (exact) mass is 333 g/mol. The number of esters is 1. The van der Waals surface area contributed by atoms with Crippen molar-refractivity contribution in [1.29, 1.82) is 5.26 Å². The van der Waals surface area contributed by atoms with E-state index in [0.717, 1.165) is 11.0 Å². The number of nitrogens with one attached hydrogen (secondary N) is 2. The zero-order valence-electron chi connectivity index (χ0n) is 13.5. The van der Waals surface area contributed by atoms with E-state index in [1.807, 2.05) is 30.3 Å². The van der Waals surface area contributed by atoms with Crippen LogP contribution in [0.5, 0.6) is 0 Å². The van der Waals surface area contributed by atoms with Gasteiger partial charge in [0.15, 0.2) is 5.82 Å². The summed E-state index contributed by atoms with van der Waals surface area (Å²) < 4.78 is 4.93. The molecule has 0 radical (unpaired) electrons. The molecule has 0 spiro atoms. The summed E-state index contributed by atoms with van der Waals surface area (Å²) in [5.41, 5.74) is 5.61. The number of rotatable bonds is 5. The number of nitriles is 1. The van der Waals surface area contributed by atoms with Gasteiger partial charge in [-0.1, -0.05) is 12.1 Å². The van der Waals surface area contributed by atoms with Crippen LogP contribution in [0.4, 0.5) is 5.69 Å². The van der Waals surface area contributed by atoms with Gasteiger partial charge in [-0.3, -0.25) is 5.43 Å². The molecule has 0 saturated heterocycles. The summed E-state index contributed by atoms with van der Waals surface area (Å²) in [6.07, 6.45) is 0. The second-order valence-corrected chi connectivity index (χ2v) is 5.08. The largest absolute Gasteiger partial charge is 0.462 e. The second kappa shape index (κ2) is 7.27. The van der Waals surface area contributed by atoms with E-state index in [1.54, 1.807) is 31.2 Å². The molecule has 0 aliphatic heterocycles. The molecule has 124 valence electrons. The average molecular weight is 333 g/mol. The molecule has 7 nitrogen and oxygen atoms in total. The van der Waals surface area contributed by atoms with Gasteiger partial charge in [0.05, 0.1) is 28.9 Å². The molecule has 0 unspecified atom stereocenters. The van der Waals surface area contributed by atoms with Crippen LogP contribution in [0.3, 0.4) is 0 Å². The molecular formula is C18H15N5O2. The highest BCUT2D eigenvalue weighted by molar-refractivity contribution is 6.10. The molecule has 2 N–H and O–H groups in total. The molecule has 0 atom stereocenters. The molecule has 25 heavy (non-hydrogen) atoms. The van der Waals surface area contributed by atoms with E-state index >= 15 is 0 Å². The Hall–Kier alpha value is -3.66. The van der Waals surface area contributed by atoms with Crippen molar-refractivity contribution in [3.63, 3.8) is 0 Å².